The molecule has 0 nitrogen and oxygen atoms in total. The summed E-state index contributed by atoms with van der Waals surface area (Å²) in [7, 11) is 0. The summed E-state index contributed by atoms with van der Waals surface area (Å²) < 4.78 is 0. The molecule has 1 saturated carbocycles. The molecule has 0 spiro atoms. The molecule has 1 aromatic carbocycles. The monoisotopic (exact) mass is 266 g/mol. The molecule has 3 rings (SSSR count). The van der Waals surface area contributed by atoms with Crippen LogP contribution in [0.2, 0.25) is 0 Å². The average Bonchev–Trinajstić information content (AvgIpc) is 2.56. The Morgan fingerprint density at radius 3 is 2.35 bits per heavy atom. The fourth-order valence-corrected chi connectivity index (χ4v) is 3.86. The zero-order valence-corrected chi connectivity index (χ0v) is 12.6. The predicted molar refractivity (Wildman–Crippen MR) is 87.4 cm³/mol. The molecule has 0 saturated heterocycles. The van der Waals surface area contributed by atoms with Crippen LogP contribution in [-0.4, -0.2) is 0 Å². The van der Waals surface area contributed by atoms with Gasteiger partial charge in [0.05, 0.1) is 0 Å². The average molecular weight is 266 g/mol. The van der Waals surface area contributed by atoms with Crippen molar-refractivity contribution in [2.24, 2.45) is 17.8 Å². The first-order chi connectivity index (χ1) is 9.86. The van der Waals surface area contributed by atoms with Gasteiger partial charge >= 0.3 is 0 Å². The minimum atomic E-state index is 0.792. The van der Waals surface area contributed by atoms with E-state index in [1.807, 2.05) is 0 Å². The van der Waals surface area contributed by atoms with Crippen molar-refractivity contribution >= 4 is 5.57 Å². The van der Waals surface area contributed by atoms with Crippen LogP contribution in [0.5, 0.6) is 0 Å². The van der Waals surface area contributed by atoms with Gasteiger partial charge in [0.2, 0.25) is 0 Å². The van der Waals surface area contributed by atoms with Gasteiger partial charge in [-0.1, -0.05) is 74.7 Å². The Bertz CT molecular complexity index is 472. The van der Waals surface area contributed by atoms with Crippen molar-refractivity contribution in [1.82, 2.24) is 0 Å². The Balaban J connectivity index is 1.59. The SMILES string of the molecule is CCC1CCC(C2C=CC(c3ccccc3)=CC2)CC1. The van der Waals surface area contributed by atoms with Gasteiger partial charge < -0.3 is 0 Å². The molecule has 0 heterocycles. The van der Waals surface area contributed by atoms with Gasteiger partial charge in [-0.15, -0.1) is 0 Å². The lowest BCUT2D eigenvalue weighted by atomic mass is 9.73. The number of benzene rings is 1. The Morgan fingerprint density at radius 1 is 1.00 bits per heavy atom. The lowest BCUT2D eigenvalue weighted by Crippen LogP contribution is -2.21. The molecule has 0 aliphatic heterocycles. The largest absolute Gasteiger partial charge is 0.0802 e. The van der Waals surface area contributed by atoms with Crippen molar-refractivity contribution in [1.29, 1.82) is 0 Å². The number of hydrogen-bond donors (Lipinski definition) is 0. The summed E-state index contributed by atoms with van der Waals surface area (Å²) in [6, 6.07) is 10.8. The second kappa shape index (κ2) is 6.43. The molecule has 106 valence electrons. The predicted octanol–water partition coefficient (Wildman–Crippen LogP) is 5.86. The molecule has 0 aromatic heterocycles. The molecular formula is C20H26. The van der Waals surface area contributed by atoms with Gasteiger partial charge in [-0.3, -0.25) is 0 Å². The minimum absolute atomic E-state index is 0.792. The van der Waals surface area contributed by atoms with Crippen LogP contribution < -0.4 is 0 Å². The van der Waals surface area contributed by atoms with Gasteiger partial charge in [0, 0.05) is 0 Å². The Hall–Kier alpha value is -1.30. The molecule has 1 fully saturated rings. The Morgan fingerprint density at radius 2 is 1.75 bits per heavy atom. The van der Waals surface area contributed by atoms with Gasteiger partial charge in [0.25, 0.3) is 0 Å². The van der Waals surface area contributed by atoms with Gasteiger partial charge in [-0.25, -0.2) is 0 Å². The summed E-state index contributed by atoms with van der Waals surface area (Å²) in [6.07, 6.45) is 15.7. The number of hydrogen-bond acceptors (Lipinski definition) is 0. The third-order valence-corrected chi connectivity index (χ3v) is 5.31. The molecule has 1 unspecified atom stereocenters. The van der Waals surface area contributed by atoms with Crippen LogP contribution in [0.15, 0.2) is 48.6 Å². The first-order valence-corrected chi connectivity index (χ1v) is 8.30. The highest BCUT2D eigenvalue weighted by Gasteiger charge is 2.26. The van der Waals surface area contributed by atoms with Crippen LogP contribution >= 0.6 is 0 Å². The summed E-state index contributed by atoms with van der Waals surface area (Å²) in [4.78, 5) is 0. The van der Waals surface area contributed by atoms with Crippen LogP contribution in [-0.2, 0) is 0 Å². The first-order valence-electron chi connectivity index (χ1n) is 8.30. The van der Waals surface area contributed by atoms with Crippen LogP contribution in [0.4, 0.5) is 0 Å². The van der Waals surface area contributed by atoms with E-state index < -0.39 is 0 Å². The van der Waals surface area contributed by atoms with Crippen LogP contribution in [0.3, 0.4) is 0 Å². The van der Waals surface area contributed by atoms with Crippen molar-refractivity contribution in [3.63, 3.8) is 0 Å². The van der Waals surface area contributed by atoms with E-state index in [1.165, 1.54) is 49.7 Å². The number of allylic oxidation sites excluding steroid dienone is 4. The Kier molecular flexibility index (Phi) is 4.40. The molecule has 0 amide bonds. The van der Waals surface area contributed by atoms with E-state index >= 15 is 0 Å². The molecule has 0 N–H and O–H groups in total. The Labute approximate surface area is 123 Å². The first kappa shape index (κ1) is 13.7. The quantitative estimate of drug-likeness (QED) is 0.642. The fraction of sp³-hybridized carbons (Fsp3) is 0.500. The second-order valence-corrected chi connectivity index (χ2v) is 6.47. The summed E-state index contributed by atoms with van der Waals surface area (Å²) >= 11 is 0. The van der Waals surface area contributed by atoms with E-state index in [1.54, 1.807) is 0 Å². The molecule has 1 atom stereocenters. The number of rotatable bonds is 3. The normalized spacial score (nSPS) is 30.1. The molecule has 0 heteroatoms. The van der Waals surface area contributed by atoms with Gasteiger partial charge in [0.1, 0.15) is 0 Å². The third kappa shape index (κ3) is 3.06. The fourth-order valence-electron chi connectivity index (χ4n) is 3.86. The molecular weight excluding hydrogens is 240 g/mol. The zero-order valence-electron chi connectivity index (χ0n) is 12.6. The molecule has 20 heavy (non-hydrogen) atoms. The maximum atomic E-state index is 2.49. The standard InChI is InChI=1S/C20H26/c1-2-16-8-10-18(11-9-16)20-14-12-19(13-15-20)17-6-4-3-5-7-17/h3-7,12-14,16,18,20H,2,8-11,15H2,1H3. The lowest BCUT2D eigenvalue weighted by molar-refractivity contribution is 0.226. The van der Waals surface area contributed by atoms with Gasteiger partial charge in [0.15, 0.2) is 0 Å². The van der Waals surface area contributed by atoms with Crippen LogP contribution in [0.25, 0.3) is 5.57 Å². The molecule has 2 aliphatic rings. The van der Waals surface area contributed by atoms with Crippen molar-refractivity contribution in [2.45, 2.75) is 45.4 Å². The maximum Gasteiger partial charge on any atom is -0.0167 e. The smallest absolute Gasteiger partial charge is 0.0167 e. The van der Waals surface area contributed by atoms with Crippen LogP contribution in [0.1, 0.15) is 51.0 Å². The summed E-state index contributed by atoms with van der Waals surface area (Å²) in [5.41, 5.74) is 2.76. The summed E-state index contributed by atoms with van der Waals surface area (Å²) in [5.74, 6) is 2.73. The van der Waals surface area contributed by atoms with Crippen molar-refractivity contribution in [3.8, 4) is 0 Å². The molecule has 1 aromatic rings. The summed E-state index contributed by atoms with van der Waals surface area (Å²) in [6.45, 7) is 2.35. The zero-order chi connectivity index (χ0) is 13.8. The highest BCUT2D eigenvalue weighted by Crippen LogP contribution is 2.38. The highest BCUT2D eigenvalue weighted by atomic mass is 14.3. The lowest BCUT2D eigenvalue weighted by Gasteiger charge is -2.33. The van der Waals surface area contributed by atoms with E-state index in [0.717, 1.165) is 17.8 Å². The van der Waals surface area contributed by atoms with E-state index in [2.05, 4.69) is 55.5 Å². The van der Waals surface area contributed by atoms with E-state index in [4.69, 9.17) is 0 Å². The summed E-state index contributed by atoms with van der Waals surface area (Å²) in [5, 5.41) is 0. The van der Waals surface area contributed by atoms with Crippen molar-refractivity contribution < 1.29 is 0 Å². The second-order valence-electron chi connectivity index (χ2n) is 6.47. The maximum absolute atomic E-state index is 2.49. The molecule has 0 radical (unpaired) electrons. The topological polar surface area (TPSA) is 0 Å². The highest BCUT2D eigenvalue weighted by molar-refractivity contribution is 5.74. The van der Waals surface area contributed by atoms with Crippen molar-refractivity contribution in [2.75, 3.05) is 0 Å². The van der Waals surface area contributed by atoms with Gasteiger partial charge in [-0.2, -0.15) is 0 Å². The van der Waals surface area contributed by atoms with Crippen LogP contribution in [0, 0.1) is 17.8 Å². The van der Waals surface area contributed by atoms with Crippen molar-refractivity contribution in [3.05, 3.63) is 54.1 Å². The van der Waals surface area contributed by atoms with Gasteiger partial charge in [-0.05, 0) is 48.2 Å². The minimum Gasteiger partial charge on any atom is -0.0802 e. The third-order valence-electron chi connectivity index (χ3n) is 5.31. The molecule has 0 bridgehead atoms. The van der Waals surface area contributed by atoms with E-state index in [-0.39, 0.29) is 0 Å². The van der Waals surface area contributed by atoms with E-state index in [0.29, 0.717) is 0 Å². The molecule has 2 aliphatic carbocycles. The van der Waals surface area contributed by atoms with E-state index in [9.17, 15) is 0 Å².